The van der Waals surface area contributed by atoms with E-state index in [1.54, 1.807) is 0 Å². The average molecular weight is 261 g/mol. The molecule has 0 radical (unpaired) electrons. The molecule has 2 heterocycles. The summed E-state index contributed by atoms with van der Waals surface area (Å²) in [6, 6.07) is 5.93. The zero-order chi connectivity index (χ0) is 13.2. The van der Waals surface area contributed by atoms with Crippen LogP contribution in [0.1, 0.15) is 13.3 Å². The number of anilines is 2. The molecule has 102 valence electrons. The van der Waals surface area contributed by atoms with Gasteiger partial charge in [-0.25, -0.2) is 0 Å². The van der Waals surface area contributed by atoms with Gasteiger partial charge in [0.15, 0.2) is 5.75 Å². The number of carbonyl (C=O) groups is 1. The molecule has 19 heavy (non-hydrogen) atoms. The van der Waals surface area contributed by atoms with Crippen molar-refractivity contribution < 1.29 is 9.53 Å². The van der Waals surface area contributed by atoms with Crippen molar-refractivity contribution in [3.63, 3.8) is 0 Å². The zero-order valence-corrected chi connectivity index (χ0v) is 11.1. The molecule has 1 atom stereocenters. The van der Waals surface area contributed by atoms with Gasteiger partial charge in [0.2, 0.25) is 5.91 Å². The number of benzene rings is 1. The molecule has 1 aromatic rings. The molecular weight excluding hydrogens is 242 g/mol. The van der Waals surface area contributed by atoms with Crippen molar-refractivity contribution in [2.45, 2.75) is 19.4 Å². The first-order valence-electron chi connectivity index (χ1n) is 6.79. The van der Waals surface area contributed by atoms with E-state index in [2.05, 4.69) is 21.6 Å². The van der Waals surface area contributed by atoms with E-state index in [1.807, 2.05) is 19.1 Å². The Hall–Kier alpha value is -1.75. The van der Waals surface area contributed by atoms with E-state index in [-0.39, 0.29) is 12.0 Å². The molecule has 2 aliphatic rings. The summed E-state index contributed by atoms with van der Waals surface area (Å²) >= 11 is 0. The highest BCUT2D eigenvalue weighted by Gasteiger charge is 2.24. The van der Waals surface area contributed by atoms with Crippen LogP contribution in [0.4, 0.5) is 11.4 Å². The third-order valence-electron chi connectivity index (χ3n) is 3.52. The Bertz CT molecular complexity index is 484. The van der Waals surface area contributed by atoms with E-state index in [9.17, 15) is 4.79 Å². The molecule has 0 bridgehead atoms. The largest absolute Gasteiger partial charge is 0.486 e. The second-order valence-corrected chi connectivity index (χ2v) is 5.07. The molecule has 1 unspecified atom stereocenters. The summed E-state index contributed by atoms with van der Waals surface area (Å²) in [6.07, 6.45) is 0.306. The summed E-state index contributed by atoms with van der Waals surface area (Å²) in [4.78, 5) is 14.0. The molecule has 2 aliphatic heterocycles. The van der Waals surface area contributed by atoms with E-state index in [0.29, 0.717) is 6.42 Å². The van der Waals surface area contributed by atoms with E-state index in [4.69, 9.17) is 4.74 Å². The van der Waals surface area contributed by atoms with E-state index < -0.39 is 0 Å². The first kappa shape index (κ1) is 12.3. The van der Waals surface area contributed by atoms with E-state index in [0.717, 1.165) is 43.3 Å². The average Bonchev–Trinajstić information content (AvgIpc) is 2.55. The maximum atomic E-state index is 11.7. The van der Waals surface area contributed by atoms with Crippen LogP contribution in [-0.2, 0) is 4.79 Å². The van der Waals surface area contributed by atoms with Crippen molar-refractivity contribution in [3.05, 3.63) is 18.2 Å². The Morgan fingerprint density at radius 2 is 2.11 bits per heavy atom. The lowest BCUT2D eigenvalue weighted by atomic mass is 10.2. The molecular formula is C14H19N3O2. The van der Waals surface area contributed by atoms with Gasteiger partial charge < -0.3 is 20.3 Å². The molecule has 5 heteroatoms. The van der Waals surface area contributed by atoms with Crippen molar-refractivity contribution in [3.8, 4) is 5.75 Å². The lowest BCUT2D eigenvalue weighted by Gasteiger charge is -2.31. The number of piperazine rings is 1. The topological polar surface area (TPSA) is 53.6 Å². The number of nitrogens with one attached hydrogen (secondary N) is 2. The van der Waals surface area contributed by atoms with Crippen LogP contribution >= 0.6 is 0 Å². The van der Waals surface area contributed by atoms with Crippen LogP contribution in [0.25, 0.3) is 0 Å². The lowest BCUT2D eigenvalue weighted by Crippen LogP contribution is -2.43. The standard InChI is InChI=1S/C14H19N3O2/c1-10-9-13(18)16-11-3-2-4-12(14(11)19-10)17-7-5-15-6-8-17/h2-4,10,15H,5-9H2,1H3,(H,16,18). The molecule has 0 aromatic heterocycles. The number of carbonyl (C=O) groups excluding carboxylic acids is 1. The van der Waals surface area contributed by atoms with Gasteiger partial charge in [-0.2, -0.15) is 0 Å². The van der Waals surface area contributed by atoms with Gasteiger partial charge in [-0.3, -0.25) is 4.79 Å². The van der Waals surface area contributed by atoms with Gasteiger partial charge in [-0.1, -0.05) is 6.07 Å². The highest BCUT2D eigenvalue weighted by atomic mass is 16.5. The summed E-state index contributed by atoms with van der Waals surface area (Å²) < 4.78 is 5.97. The molecule has 3 rings (SSSR count). The lowest BCUT2D eigenvalue weighted by molar-refractivity contribution is -0.117. The van der Waals surface area contributed by atoms with Crippen molar-refractivity contribution >= 4 is 17.3 Å². The maximum absolute atomic E-state index is 11.7. The Morgan fingerprint density at radius 1 is 1.32 bits per heavy atom. The number of para-hydroxylation sites is 1. The third kappa shape index (κ3) is 2.51. The van der Waals surface area contributed by atoms with Crippen LogP contribution in [0.2, 0.25) is 0 Å². The Morgan fingerprint density at radius 3 is 2.89 bits per heavy atom. The zero-order valence-electron chi connectivity index (χ0n) is 11.1. The predicted molar refractivity (Wildman–Crippen MR) is 74.9 cm³/mol. The molecule has 0 saturated carbocycles. The van der Waals surface area contributed by atoms with Crippen LogP contribution in [0.5, 0.6) is 5.75 Å². The molecule has 1 fully saturated rings. The molecule has 5 nitrogen and oxygen atoms in total. The maximum Gasteiger partial charge on any atom is 0.228 e. The number of ether oxygens (including phenoxy) is 1. The SMILES string of the molecule is CC1CC(=O)Nc2cccc(N3CCNCC3)c2O1. The minimum atomic E-state index is -0.0923. The quantitative estimate of drug-likeness (QED) is 0.798. The highest BCUT2D eigenvalue weighted by molar-refractivity contribution is 5.95. The van der Waals surface area contributed by atoms with Gasteiger partial charge in [0.05, 0.1) is 17.8 Å². The monoisotopic (exact) mass is 261 g/mol. The second kappa shape index (κ2) is 5.09. The van der Waals surface area contributed by atoms with Gasteiger partial charge in [0, 0.05) is 26.2 Å². The Labute approximate surface area is 112 Å². The van der Waals surface area contributed by atoms with Gasteiger partial charge in [-0.15, -0.1) is 0 Å². The summed E-state index contributed by atoms with van der Waals surface area (Å²) in [5, 5.41) is 6.27. The van der Waals surface area contributed by atoms with Crippen molar-refractivity contribution in [1.29, 1.82) is 0 Å². The van der Waals surface area contributed by atoms with Gasteiger partial charge in [-0.05, 0) is 19.1 Å². The number of amides is 1. The highest BCUT2D eigenvalue weighted by Crippen LogP contribution is 2.38. The normalized spacial score (nSPS) is 23.1. The van der Waals surface area contributed by atoms with Crippen molar-refractivity contribution in [1.82, 2.24) is 5.32 Å². The molecule has 0 aliphatic carbocycles. The minimum absolute atomic E-state index is 0.0173. The fraction of sp³-hybridized carbons (Fsp3) is 0.500. The molecule has 1 aromatic carbocycles. The summed E-state index contributed by atoms with van der Waals surface area (Å²) in [5.41, 5.74) is 1.86. The number of hydrogen-bond donors (Lipinski definition) is 2. The van der Waals surface area contributed by atoms with Crippen molar-refractivity contribution in [2.24, 2.45) is 0 Å². The summed E-state index contributed by atoms with van der Waals surface area (Å²) in [7, 11) is 0. The van der Waals surface area contributed by atoms with Crippen LogP contribution < -0.4 is 20.3 Å². The molecule has 1 amide bonds. The van der Waals surface area contributed by atoms with Gasteiger partial charge >= 0.3 is 0 Å². The summed E-state index contributed by atoms with van der Waals surface area (Å²) in [6.45, 7) is 5.81. The molecule has 1 saturated heterocycles. The number of nitrogens with zero attached hydrogens (tertiary/aromatic N) is 1. The van der Waals surface area contributed by atoms with Gasteiger partial charge in [0.1, 0.15) is 6.10 Å². The summed E-state index contributed by atoms with van der Waals surface area (Å²) in [5.74, 6) is 0.825. The van der Waals surface area contributed by atoms with E-state index in [1.165, 1.54) is 0 Å². The molecule has 0 spiro atoms. The second-order valence-electron chi connectivity index (χ2n) is 5.07. The smallest absolute Gasteiger partial charge is 0.228 e. The predicted octanol–water partition coefficient (Wildman–Crippen LogP) is 1.21. The Kier molecular flexibility index (Phi) is 3.29. The van der Waals surface area contributed by atoms with Crippen LogP contribution in [0, 0.1) is 0 Å². The van der Waals surface area contributed by atoms with Gasteiger partial charge in [0.25, 0.3) is 0 Å². The fourth-order valence-electron chi connectivity index (χ4n) is 2.61. The minimum Gasteiger partial charge on any atom is -0.486 e. The van der Waals surface area contributed by atoms with Crippen LogP contribution in [-0.4, -0.2) is 38.2 Å². The van der Waals surface area contributed by atoms with Crippen LogP contribution in [0.3, 0.4) is 0 Å². The first-order chi connectivity index (χ1) is 9.24. The number of rotatable bonds is 1. The first-order valence-corrected chi connectivity index (χ1v) is 6.79. The van der Waals surface area contributed by atoms with E-state index >= 15 is 0 Å². The molecule has 2 N–H and O–H groups in total. The third-order valence-corrected chi connectivity index (χ3v) is 3.52. The number of hydrogen-bond acceptors (Lipinski definition) is 4. The van der Waals surface area contributed by atoms with Crippen LogP contribution in [0.15, 0.2) is 18.2 Å². The Balaban J connectivity index is 1.97. The number of fused-ring (bicyclic) bond motifs is 1. The fourth-order valence-corrected chi connectivity index (χ4v) is 2.61. The van der Waals surface area contributed by atoms with Crippen molar-refractivity contribution in [2.75, 3.05) is 36.4 Å².